The number of benzene rings is 1. The number of nitrogens with zero attached hydrogens (tertiary/aromatic N) is 1. The lowest BCUT2D eigenvalue weighted by Gasteiger charge is -2.23. The van der Waals surface area contributed by atoms with Crippen molar-refractivity contribution < 1.29 is 14.1 Å². The molecule has 1 saturated heterocycles. The van der Waals surface area contributed by atoms with E-state index in [0.29, 0.717) is 23.9 Å². The highest BCUT2D eigenvalue weighted by atomic mass is 35.5. The normalized spacial score (nSPS) is 16.9. The van der Waals surface area contributed by atoms with E-state index in [2.05, 4.69) is 10.5 Å². The molecule has 0 aliphatic carbocycles. The fraction of sp³-hybridized carbons (Fsp3) is 0.474. The first kappa shape index (κ1) is 19.5. The Balaban J connectivity index is 0.00000225. The van der Waals surface area contributed by atoms with Crippen molar-refractivity contribution >= 4 is 18.2 Å². The van der Waals surface area contributed by atoms with E-state index in [0.717, 1.165) is 30.7 Å². The lowest BCUT2D eigenvalue weighted by atomic mass is 9.98. The highest BCUT2D eigenvalue weighted by molar-refractivity contribution is 5.94. The second-order valence-corrected chi connectivity index (χ2v) is 6.27. The van der Waals surface area contributed by atoms with E-state index in [1.54, 1.807) is 13.2 Å². The molecule has 2 aromatic rings. The van der Waals surface area contributed by atoms with Gasteiger partial charge in [0.2, 0.25) is 11.5 Å². The molecule has 0 radical (unpaired) electrons. The van der Waals surface area contributed by atoms with E-state index in [-0.39, 0.29) is 18.2 Å². The van der Waals surface area contributed by atoms with Crippen LogP contribution in [0.25, 0.3) is 11.3 Å². The van der Waals surface area contributed by atoms with Gasteiger partial charge in [-0.3, -0.25) is 4.79 Å². The maximum atomic E-state index is 12.3. The summed E-state index contributed by atoms with van der Waals surface area (Å²) in [5, 5.41) is 7.52. The molecule has 1 N–H and O–H groups in total. The Kier molecular flexibility index (Phi) is 7.47. The molecular weight excluding hydrogens is 340 g/mol. The maximum Gasteiger partial charge on any atom is 0.203 e. The summed E-state index contributed by atoms with van der Waals surface area (Å²) in [6, 6.07) is 9.82. The average Bonchev–Trinajstić information content (AvgIpc) is 3.13. The van der Waals surface area contributed by atoms with E-state index in [1.807, 2.05) is 24.3 Å². The number of ether oxygens (including phenoxy) is 1. The molecule has 25 heavy (non-hydrogen) atoms. The molecule has 0 saturated carbocycles. The zero-order chi connectivity index (χ0) is 16.8. The highest BCUT2D eigenvalue weighted by Crippen LogP contribution is 2.23. The monoisotopic (exact) mass is 364 g/mol. The Morgan fingerprint density at radius 3 is 2.80 bits per heavy atom. The molecular formula is C19H25ClN2O3. The molecule has 1 unspecified atom stereocenters. The number of ketones is 1. The van der Waals surface area contributed by atoms with Crippen LogP contribution in [0.2, 0.25) is 0 Å². The Morgan fingerprint density at radius 1 is 1.32 bits per heavy atom. The van der Waals surface area contributed by atoms with Gasteiger partial charge in [-0.15, -0.1) is 12.4 Å². The molecule has 3 rings (SSSR count). The van der Waals surface area contributed by atoms with Crippen molar-refractivity contribution in [2.45, 2.75) is 44.6 Å². The summed E-state index contributed by atoms with van der Waals surface area (Å²) >= 11 is 0. The van der Waals surface area contributed by atoms with E-state index in [1.165, 1.54) is 19.3 Å². The van der Waals surface area contributed by atoms with Crippen molar-refractivity contribution in [1.82, 2.24) is 10.5 Å². The lowest BCUT2D eigenvalue weighted by Crippen LogP contribution is -2.33. The Morgan fingerprint density at radius 2 is 2.12 bits per heavy atom. The number of methoxy groups -OCH3 is 1. The van der Waals surface area contributed by atoms with Gasteiger partial charge in [0.25, 0.3) is 0 Å². The molecule has 1 aliphatic rings. The molecule has 2 heterocycles. The van der Waals surface area contributed by atoms with Gasteiger partial charge in [0.05, 0.1) is 7.11 Å². The summed E-state index contributed by atoms with van der Waals surface area (Å²) < 4.78 is 10.4. The van der Waals surface area contributed by atoms with Crippen LogP contribution >= 0.6 is 12.4 Å². The molecule has 1 aliphatic heterocycles. The fourth-order valence-electron chi connectivity index (χ4n) is 3.11. The predicted molar refractivity (Wildman–Crippen MR) is 99.6 cm³/mol. The first-order chi connectivity index (χ1) is 11.8. The third kappa shape index (κ3) is 5.31. The smallest absolute Gasteiger partial charge is 0.203 e. The standard InChI is InChI=1S/C19H24N2O3.ClH/c1-23-16-10-8-14(9-11-16)17-13-19(24-21-17)18(22)7-4-6-15-5-2-3-12-20-15;/h8-11,13,15,20H,2-7,12H2,1H3;1H. The zero-order valence-electron chi connectivity index (χ0n) is 14.5. The minimum Gasteiger partial charge on any atom is -0.497 e. The van der Waals surface area contributed by atoms with Crippen LogP contribution in [0, 0.1) is 0 Å². The number of aromatic nitrogens is 1. The fourth-order valence-corrected chi connectivity index (χ4v) is 3.11. The van der Waals surface area contributed by atoms with Gasteiger partial charge >= 0.3 is 0 Å². The first-order valence-corrected chi connectivity index (χ1v) is 8.64. The molecule has 0 spiro atoms. The van der Waals surface area contributed by atoms with Crippen LogP contribution < -0.4 is 10.1 Å². The number of piperidine rings is 1. The summed E-state index contributed by atoms with van der Waals surface area (Å²) in [6.45, 7) is 1.10. The quantitative estimate of drug-likeness (QED) is 0.743. The molecule has 0 bridgehead atoms. The largest absolute Gasteiger partial charge is 0.497 e. The van der Waals surface area contributed by atoms with Crippen molar-refractivity contribution in [3.8, 4) is 17.0 Å². The number of halogens is 1. The molecule has 0 amide bonds. The number of hydrogen-bond acceptors (Lipinski definition) is 5. The number of rotatable bonds is 7. The Labute approximate surface area is 154 Å². The van der Waals surface area contributed by atoms with Crippen LogP contribution in [0.1, 0.15) is 49.1 Å². The highest BCUT2D eigenvalue weighted by Gasteiger charge is 2.16. The molecule has 5 nitrogen and oxygen atoms in total. The summed E-state index contributed by atoms with van der Waals surface area (Å²) in [5.74, 6) is 1.16. The van der Waals surface area contributed by atoms with Crippen LogP contribution in [0.3, 0.4) is 0 Å². The topological polar surface area (TPSA) is 64.4 Å². The zero-order valence-corrected chi connectivity index (χ0v) is 15.3. The SMILES string of the molecule is COc1ccc(-c2cc(C(=O)CCCC3CCCCN3)on2)cc1.Cl. The van der Waals surface area contributed by atoms with Crippen LogP contribution in [-0.4, -0.2) is 30.6 Å². The van der Waals surface area contributed by atoms with Crippen molar-refractivity contribution in [3.63, 3.8) is 0 Å². The molecule has 1 aromatic carbocycles. The predicted octanol–water partition coefficient (Wildman–Crippen LogP) is 4.27. The molecule has 136 valence electrons. The number of carbonyl (C=O) groups is 1. The number of hydrogen-bond donors (Lipinski definition) is 1. The summed E-state index contributed by atoms with van der Waals surface area (Å²) in [5.41, 5.74) is 1.58. The van der Waals surface area contributed by atoms with Gasteiger partial charge in [-0.2, -0.15) is 0 Å². The Hall–Kier alpha value is -1.85. The summed E-state index contributed by atoms with van der Waals surface area (Å²) in [6.07, 6.45) is 6.22. The van der Waals surface area contributed by atoms with Crippen molar-refractivity contribution in [1.29, 1.82) is 0 Å². The molecule has 6 heteroatoms. The van der Waals surface area contributed by atoms with Gasteiger partial charge in [0.15, 0.2) is 0 Å². The van der Waals surface area contributed by atoms with Gasteiger partial charge in [-0.05, 0) is 56.5 Å². The maximum absolute atomic E-state index is 12.3. The van der Waals surface area contributed by atoms with E-state index < -0.39 is 0 Å². The van der Waals surface area contributed by atoms with E-state index >= 15 is 0 Å². The molecule has 1 aromatic heterocycles. The van der Waals surface area contributed by atoms with Gasteiger partial charge in [-0.25, -0.2) is 0 Å². The lowest BCUT2D eigenvalue weighted by molar-refractivity contribution is 0.0942. The van der Waals surface area contributed by atoms with E-state index in [9.17, 15) is 4.79 Å². The molecule has 1 atom stereocenters. The third-order valence-corrected chi connectivity index (χ3v) is 4.54. The summed E-state index contributed by atoms with van der Waals surface area (Å²) in [7, 11) is 1.63. The van der Waals surface area contributed by atoms with E-state index in [4.69, 9.17) is 9.26 Å². The van der Waals surface area contributed by atoms with Gasteiger partial charge in [0, 0.05) is 24.1 Å². The van der Waals surface area contributed by atoms with Crippen LogP contribution in [-0.2, 0) is 0 Å². The number of nitrogens with one attached hydrogen (secondary N) is 1. The Bertz CT molecular complexity index is 664. The van der Waals surface area contributed by atoms with Gasteiger partial charge in [0.1, 0.15) is 11.4 Å². The van der Waals surface area contributed by atoms with Gasteiger partial charge in [-0.1, -0.05) is 11.6 Å². The van der Waals surface area contributed by atoms with Crippen LogP contribution in [0.4, 0.5) is 0 Å². The average molecular weight is 365 g/mol. The second kappa shape index (κ2) is 9.59. The molecule has 1 fully saturated rings. The second-order valence-electron chi connectivity index (χ2n) is 6.27. The third-order valence-electron chi connectivity index (χ3n) is 4.54. The van der Waals surface area contributed by atoms with Crippen molar-refractivity contribution in [3.05, 3.63) is 36.1 Å². The minimum atomic E-state index is 0. The number of carbonyl (C=O) groups excluding carboxylic acids is 1. The van der Waals surface area contributed by atoms with Crippen molar-refractivity contribution in [2.24, 2.45) is 0 Å². The first-order valence-electron chi connectivity index (χ1n) is 8.64. The van der Waals surface area contributed by atoms with Crippen LogP contribution in [0.15, 0.2) is 34.9 Å². The van der Waals surface area contributed by atoms with Crippen molar-refractivity contribution in [2.75, 3.05) is 13.7 Å². The summed E-state index contributed by atoms with van der Waals surface area (Å²) in [4.78, 5) is 12.3. The minimum absolute atomic E-state index is 0. The van der Waals surface area contributed by atoms with Gasteiger partial charge < -0.3 is 14.6 Å². The number of Topliss-reactive ketones (excluding diaryl/α,β-unsaturated/α-hetero) is 1. The van der Waals surface area contributed by atoms with Crippen LogP contribution in [0.5, 0.6) is 5.75 Å².